The van der Waals surface area contributed by atoms with Crippen LogP contribution in [0.25, 0.3) is 44.2 Å². The topological polar surface area (TPSA) is 16.4 Å². The van der Waals surface area contributed by atoms with E-state index in [0.29, 0.717) is 5.92 Å². The van der Waals surface area contributed by atoms with E-state index in [1.54, 1.807) is 0 Å². The fourth-order valence-corrected chi connectivity index (χ4v) is 6.41. The Hall–Kier alpha value is -5.60. The van der Waals surface area contributed by atoms with Gasteiger partial charge in [0, 0.05) is 33.6 Å². The van der Waals surface area contributed by atoms with Gasteiger partial charge >= 0.3 is 0 Å². The molecule has 0 N–H and O–H groups in total. The van der Waals surface area contributed by atoms with Crippen LogP contribution in [0.3, 0.4) is 0 Å². The molecule has 0 saturated carbocycles. The summed E-state index contributed by atoms with van der Waals surface area (Å²) < 4.78 is 6.85. The van der Waals surface area contributed by atoms with Crippen molar-refractivity contribution in [2.24, 2.45) is 0 Å². The number of anilines is 2. The second-order valence-corrected chi connectivity index (χ2v) is 11.3. The molecule has 0 fully saturated rings. The first-order valence-corrected chi connectivity index (χ1v) is 15.2. The summed E-state index contributed by atoms with van der Waals surface area (Å²) in [6.45, 7) is 0. The normalized spacial score (nSPS) is 14.5. The van der Waals surface area contributed by atoms with Gasteiger partial charge in [-0.15, -0.1) is 0 Å². The van der Waals surface area contributed by atoms with E-state index in [-0.39, 0.29) is 0 Å². The lowest BCUT2D eigenvalue weighted by Gasteiger charge is -2.29. The molecule has 8 rings (SSSR count). The van der Waals surface area contributed by atoms with Gasteiger partial charge in [0.15, 0.2) is 5.58 Å². The molecule has 0 saturated heterocycles. The minimum Gasteiger partial charge on any atom is -0.453 e. The molecule has 0 amide bonds. The van der Waals surface area contributed by atoms with Crippen LogP contribution in [-0.2, 0) is 0 Å². The van der Waals surface area contributed by atoms with Crippen molar-refractivity contribution in [2.45, 2.75) is 12.3 Å². The smallest absolute Gasteiger partial charge is 0.159 e. The van der Waals surface area contributed by atoms with Crippen molar-refractivity contribution >= 4 is 33.3 Å². The third-order valence-corrected chi connectivity index (χ3v) is 8.63. The van der Waals surface area contributed by atoms with Crippen molar-refractivity contribution in [1.82, 2.24) is 0 Å². The molecule has 210 valence electrons. The Kier molecular flexibility index (Phi) is 6.66. The molecule has 1 heterocycles. The molecule has 1 unspecified atom stereocenters. The number of fused-ring (bicyclic) bond motifs is 3. The molecule has 0 bridgehead atoms. The van der Waals surface area contributed by atoms with Crippen LogP contribution < -0.4 is 4.90 Å². The van der Waals surface area contributed by atoms with E-state index >= 15 is 0 Å². The van der Waals surface area contributed by atoms with Crippen molar-refractivity contribution in [2.75, 3.05) is 4.90 Å². The lowest BCUT2D eigenvalue weighted by atomic mass is 9.91. The summed E-state index contributed by atoms with van der Waals surface area (Å²) in [5.41, 5.74) is 11.1. The first-order valence-electron chi connectivity index (χ1n) is 15.2. The zero-order chi connectivity index (χ0) is 29.3. The monoisotopic (exact) mass is 565 g/mol. The van der Waals surface area contributed by atoms with E-state index < -0.39 is 0 Å². The Labute approximate surface area is 257 Å². The SMILES string of the molecule is C1=CC(c2ccccc2)CC=C1N(c1ccc(-c2ccccc2)cc1)c1cccc2c1oc1c(-c3ccccc3)cccc12. The minimum absolute atomic E-state index is 0.359. The van der Waals surface area contributed by atoms with E-state index in [0.717, 1.165) is 56.6 Å². The van der Waals surface area contributed by atoms with Gasteiger partial charge < -0.3 is 9.32 Å². The number of rotatable bonds is 6. The van der Waals surface area contributed by atoms with Crippen LogP contribution in [0.2, 0.25) is 0 Å². The van der Waals surface area contributed by atoms with Crippen molar-refractivity contribution in [3.63, 3.8) is 0 Å². The Morgan fingerprint density at radius 1 is 0.523 bits per heavy atom. The van der Waals surface area contributed by atoms with Crippen LogP contribution >= 0.6 is 0 Å². The van der Waals surface area contributed by atoms with Gasteiger partial charge in [0.25, 0.3) is 0 Å². The molecule has 2 heteroatoms. The zero-order valence-electron chi connectivity index (χ0n) is 24.3. The van der Waals surface area contributed by atoms with Crippen LogP contribution in [0.5, 0.6) is 0 Å². The summed E-state index contributed by atoms with van der Waals surface area (Å²) >= 11 is 0. The summed E-state index contributed by atoms with van der Waals surface area (Å²) in [5, 5.41) is 2.24. The van der Waals surface area contributed by atoms with Crippen LogP contribution in [0.1, 0.15) is 17.9 Å². The largest absolute Gasteiger partial charge is 0.453 e. The van der Waals surface area contributed by atoms with Crippen LogP contribution in [-0.4, -0.2) is 0 Å². The third-order valence-electron chi connectivity index (χ3n) is 8.63. The Morgan fingerprint density at radius 3 is 1.82 bits per heavy atom. The molecule has 0 radical (unpaired) electrons. The number of allylic oxidation sites excluding steroid dienone is 3. The minimum atomic E-state index is 0.359. The molecular weight excluding hydrogens is 534 g/mol. The average Bonchev–Trinajstić information content (AvgIpc) is 3.50. The van der Waals surface area contributed by atoms with E-state index in [9.17, 15) is 0 Å². The fraction of sp³-hybridized carbons (Fsp3) is 0.0476. The van der Waals surface area contributed by atoms with Crippen LogP contribution in [0.15, 0.2) is 180 Å². The summed E-state index contributed by atoms with van der Waals surface area (Å²) in [6, 6.07) is 53.6. The second-order valence-electron chi connectivity index (χ2n) is 11.3. The molecule has 0 spiro atoms. The zero-order valence-corrected chi connectivity index (χ0v) is 24.3. The van der Waals surface area contributed by atoms with E-state index in [1.165, 1.54) is 16.7 Å². The molecule has 44 heavy (non-hydrogen) atoms. The lowest BCUT2D eigenvalue weighted by molar-refractivity contribution is 0.669. The standard InChI is InChI=1S/C42H31NO/c1-4-12-30(13-5-1)32-22-26-35(27-23-32)43(36-28-24-33(25-29-36)31-14-6-2-7-15-31)40-21-11-20-39-38-19-10-18-37(41(38)44-42(39)40)34-16-8-3-9-17-34/h1-24,26-29,33H,25H2. The molecule has 2 nitrogen and oxygen atoms in total. The van der Waals surface area contributed by atoms with Gasteiger partial charge in [-0.1, -0.05) is 146 Å². The predicted molar refractivity (Wildman–Crippen MR) is 184 cm³/mol. The fourth-order valence-electron chi connectivity index (χ4n) is 6.41. The molecule has 1 aromatic heterocycles. The number of furan rings is 1. The van der Waals surface area contributed by atoms with Gasteiger partial charge in [-0.05, 0) is 52.9 Å². The molecule has 1 aliphatic rings. The molecule has 1 atom stereocenters. The lowest BCUT2D eigenvalue weighted by Crippen LogP contribution is -2.17. The second kappa shape index (κ2) is 11.2. The van der Waals surface area contributed by atoms with Gasteiger partial charge in [0.05, 0.1) is 5.69 Å². The van der Waals surface area contributed by atoms with E-state index in [1.807, 2.05) is 0 Å². The highest BCUT2D eigenvalue weighted by atomic mass is 16.3. The predicted octanol–water partition coefficient (Wildman–Crippen LogP) is 11.7. The first kappa shape index (κ1) is 26.1. The van der Waals surface area contributed by atoms with Gasteiger partial charge in [0.1, 0.15) is 5.58 Å². The van der Waals surface area contributed by atoms with Gasteiger partial charge in [-0.2, -0.15) is 0 Å². The number of nitrogens with zero attached hydrogens (tertiary/aromatic N) is 1. The van der Waals surface area contributed by atoms with Crippen molar-refractivity contribution in [3.05, 3.63) is 181 Å². The van der Waals surface area contributed by atoms with Gasteiger partial charge in [-0.3, -0.25) is 0 Å². The highest BCUT2D eigenvalue weighted by Crippen LogP contribution is 2.43. The van der Waals surface area contributed by atoms with Crippen molar-refractivity contribution in [1.29, 1.82) is 0 Å². The van der Waals surface area contributed by atoms with Gasteiger partial charge in [0.2, 0.25) is 0 Å². The highest BCUT2D eigenvalue weighted by Gasteiger charge is 2.23. The molecule has 6 aromatic carbocycles. The van der Waals surface area contributed by atoms with Gasteiger partial charge in [-0.25, -0.2) is 0 Å². The maximum atomic E-state index is 6.85. The summed E-state index contributed by atoms with van der Waals surface area (Å²) in [4.78, 5) is 2.35. The van der Waals surface area contributed by atoms with Crippen LogP contribution in [0, 0.1) is 0 Å². The average molecular weight is 566 g/mol. The van der Waals surface area contributed by atoms with E-state index in [2.05, 4.69) is 175 Å². The Balaban J connectivity index is 1.27. The molecule has 1 aliphatic carbocycles. The van der Waals surface area contributed by atoms with E-state index in [4.69, 9.17) is 4.42 Å². The maximum Gasteiger partial charge on any atom is 0.159 e. The number of hydrogen-bond acceptors (Lipinski definition) is 2. The summed E-state index contributed by atoms with van der Waals surface area (Å²) in [7, 11) is 0. The number of para-hydroxylation sites is 2. The first-order chi connectivity index (χ1) is 21.8. The maximum absolute atomic E-state index is 6.85. The van der Waals surface area contributed by atoms with Crippen molar-refractivity contribution < 1.29 is 4.42 Å². The quantitative estimate of drug-likeness (QED) is 0.199. The molecule has 0 aliphatic heterocycles. The Bertz CT molecular complexity index is 2120. The third kappa shape index (κ3) is 4.71. The van der Waals surface area contributed by atoms with Crippen molar-refractivity contribution in [3.8, 4) is 22.3 Å². The summed E-state index contributed by atoms with van der Waals surface area (Å²) in [6.07, 6.45) is 7.90. The molecule has 7 aromatic rings. The number of benzene rings is 6. The molecular formula is C42H31NO. The summed E-state index contributed by atoms with van der Waals surface area (Å²) in [5.74, 6) is 0.359. The highest BCUT2D eigenvalue weighted by molar-refractivity contribution is 6.13. The van der Waals surface area contributed by atoms with Crippen LogP contribution in [0.4, 0.5) is 11.4 Å². The Morgan fingerprint density at radius 2 is 1.14 bits per heavy atom. The number of hydrogen-bond donors (Lipinski definition) is 0.